The summed E-state index contributed by atoms with van der Waals surface area (Å²) in [5.41, 5.74) is 1.55. The number of phenolic OH excluding ortho intramolecular Hbond substituents is 1. The van der Waals surface area contributed by atoms with Gasteiger partial charge in [-0.15, -0.1) is 5.11 Å². The second-order valence-electron chi connectivity index (χ2n) is 4.18. The van der Waals surface area contributed by atoms with Crippen LogP contribution >= 0.6 is 0 Å². The molecule has 1 N–H and O–H groups in total. The summed E-state index contributed by atoms with van der Waals surface area (Å²) in [4.78, 5) is 0. The number of rotatable bonds is 2. The third kappa shape index (κ3) is 2.31. The highest BCUT2D eigenvalue weighted by Gasteiger charge is 2.03. The van der Waals surface area contributed by atoms with Gasteiger partial charge < -0.3 is 5.11 Å². The maximum absolute atomic E-state index is 9.81. The van der Waals surface area contributed by atoms with E-state index in [4.69, 9.17) is 0 Å². The monoisotopic (exact) mass is 248 g/mol. The van der Waals surface area contributed by atoms with Crippen molar-refractivity contribution in [3.05, 3.63) is 66.7 Å². The predicted octanol–water partition coefficient (Wildman–Crippen LogP) is 4.96. The lowest BCUT2D eigenvalue weighted by Crippen LogP contribution is -1.74. The van der Waals surface area contributed by atoms with E-state index in [9.17, 15) is 5.11 Å². The van der Waals surface area contributed by atoms with Gasteiger partial charge >= 0.3 is 0 Å². The lowest BCUT2D eigenvalue weighted by molar-refractivity contribution is 0.481. The summed E-state index contributed by atoms with van der Waals surface area (Å²) >= 11 is 0. The molecular weight excluding hydrogens is 236 g/mol. The normalized spacial score (nSPS) is 11.2. The molecule has 92 valence electrons. The number of azo groups is 1. The fourth-order valence-electron chi connectivity index (χ4n) is 1.96. The highest BCUT2D eigenvalue weighted by Crippen LogP contribution is 2.33. The highest BCUT2D eigenvalue weighted by atomic mass is 16.3. The van der Waals surface area contributed by atoms with Crippen LogP contribution in [0.3, 0.4) is 0 Å². The molecule has 19 heavy (non-hydrogen) atoms. The van der Waals surface area contributed by atoms with Crippen molar-refractivity contribution in [1.29, 1.82) is 0 Å². The third-order valence-electron chi connectivity index (χ3n) is 2.91. The molecule has 3 heteroatoms. The minimum absolute atomic E-state index is 0.259. The van der Waals surface area contributed by atoms with E-state index in [1.54, 1.807) is 12.1 Å². The topological polar surface area (TPSA) is 45.0 Å². The first-order chi connectivity index (χ1) is 9.34. The minimum Gasteiger partial charge on any atom is -0.507 e. The standard InChI is InChI=1S/C16H12N2O/c19-16-11-10-15(13-8-4-5-9-14(13)16)18-17-12-6-2-1-3-7-12/h1-11,19H. The van der Waals surface area contributed by atoms with Crippen molar-refractivity contribution >= 4 is 22.1 Å². The molecule has 0 spiro atoms. The average molecular weight is 248 g/mol. The second-order valence-corrected chi connectivity index (χ2v) is 4.18. The summed E-state index contributed by atoms with van der Waals surface area (Å²) in [6.45, 7) is 0. The molecule has 0 radical (unpaired) electrons. The van der Waals surface area contributed by atoms with Gasteiger partial charge in [0.1, 0.15) is 5.75 Å². The lowest BCUT2D eigenvalue weighted by atomic mass is 10.1. The zero-order chi connectivity index (χ0) is 13.1. The zero-order valence-corrected chi connectivity index (χ0v) is 10.2. The van der Waals surface area contributed by atoms with Crippen LogP contribution in [0, 0.1) is 0 Å². The van der Waals surface area contributed by atoms with E-state index in [0.717, 1.165) is 22.1 Å². The van der Waals surface area contributed by atoms with E-state index in [-0.39, 0.29) is 5.75 Å². The SMILES string of the molecule is Oc1ccc(N=Nc2ccccc2)c2ccccc12. The van der Waals surface area contributed by atoms with Crippen LogP contribution in [0.15, 0.2) is 77.0 Å². The molecule has 0 heterocycles. The molecule has 3 rings (SSSR count). The van der Waals surface area contributed by atoms with Crippen LogP contribution in [0.4, 0.5) is 11.4 Å². The largest absolute Gasteiger partial charge is 0.507 e. The molecule has 0 aromatic heterocycles. The fraction of sp³-hybridized carbons (Fsp3) is 0. The smallest absolute Gasteiger partial charge is 0.123 e. The Labute approximate surface area is 110 Å². The van der Waals surface area contributed by atoms with Crippen LogP contribution in [-0.2, 0) is 0 Å². The molecule has 3 nitrogen and oxygen atoms in total. The van der Waals surface area contributed by atoms with Crippen molar-refractivity contribution < 1.29 is 5.11 Å². The first-order valence-electron chi connectivity index (χ1n) is 6.02. The summed E-state index contributed by atoms with van der Waals surface area (Å²) < 4.78 is 0. The maximum Gasteiger partial charge on any atom is 0.123 e. The summed E-state index contributed by atoms with van der Waals surface area (Å²) in [7, 11) is 0. The van der Waals surface area contributed by atoms with E-state index in [0.29, 0.717) is 0 Å². The molecule has 3 aromatic rings. The molecule has 0 amide bonds. The average Bonchev–Trinajstić information content (AvgIpc) is 2.48. The first kappa shape index (κ1) is 11.4. The third-order valence-corrected chi connectivity index (χ3v) is 2.91. The molecule has 0 atom stereocenters. The summed E-state index contributed by atoms with van der Waals surface area (Å²) in [5, 5.41) is 19.9. The van der Waals surface area contributed by atoms with Crippen LogP contribution in [0.5, 0.6) is 5.75 Å². The van der Waals surface area contributed by atoms with Gasteiger partial charge in [0.15, 0.2) is 0 Å². The van der Waals surface area contributed by atoms with Crippen molar-refractivity contribution in [3.63, 3.8) is 0 Å². The number of fused-ring (bicyclic) bond motifs is 1. The first-order valence-corrected chi connectivity index (χ1v) is 6.02. The van der Waals surface area contributed by atoms with Gasteiger partial charge in [0.25, 0.3) is 0 Å². The maximum atomic E-state index is 9.81. The molecule has 0 unspecified atom stereocenters. The van der Waals surface area contributed by atoms with Crippen molar-refractivity contribution in [3.8, 4) is 5.75 Å². The highest BCUT2D eigenvalue weighted by molar-refractivity contribution is 5.96. The van der Waals surface area contributed by atoms with Crippen LogP contribution < -0.4 is 0 Å². The molecule has 0 aliphatic carbocycles. The van der Waals surface area contributed by atoms with Crippen LogP contribution in [0.1, 0.15) is 0 Å². The molecule has 3 aromatic carbocycles. The molecule has 0 saturated carbocycles. The number of nitrogens with zero attached hydrogens (tertiary/aromatic N) is 2. The zero-order valence-electron chi connectivity index (χ0n) is 10.2. The molecule has 0 bridgehead atoms. The van der Waals surface area contributed by atoms with Crippen LogP contribution in [-0.4, -0.2) is 5.11 Å². The van der Waals surface area contributed by atoms with Crippen LogP contribution in [0.2, 0.25) is 0 Å². The Hall–Kier alpha value is -2.68. The van der Waals surface area contributed by atoms with Gasteiger partial charge in [0.2, 0.25) is 0 Å². The van der Waals surface area contributed by atoms with Gasteiger partial charge in [-0.05, 0) is 24.3 Å². The van der Waals surface area contributed by atoms with Gasteiger partial charge in [-0.2, -0.15) is 5.11 Å². The Morgan fingerprint density at radius 1 is 0.632 bits per heavy atom. The number of hydrogen-bond acceptors (Lipinski definition) is 3. The van der Waals surface area contributed by atoms with Gasteiger partial charge in [0.05, 0.1) is 11.4 Å². The number of phenols is 1. The molecular formula is C16H12N2O. The summed E-state index contributed by atoms with van der Waals surface area (Å²) in [5.74, 6) is 0.259. The Morgan fingerprint density at radius 2 is 1.32 bits per heavy atom. The number of aromatic hydroxyl groups is 1. The fourth-order valence-corrected chi connectivity index (χ4v) is 1.96. The molecule has 0 aliphatic rings. The predicted molar refractivity (Wildman–Crippen MR) is 76.2 cm³/mol. The van der Waals surface area contributed by atoms with Crippen LogP contribution in [0.25, 0.3) is 10.8 Å². The van der Waals surface area contributed by atoms with E-state index in [1.165, 1.54) is 0 Å². The van der Waals surface area contributed by atoms with Crippen molar-refractivity contribution in [2.45, 2.75) is 0 Å². The van der Waals surface area contributed by atoms with Crippen molar-refractivity contribution in [2.75, 3.05) is 0 Å². The molecule has 0 saturated heterocycles. The van der Waals surface area contributed by atoms with Gasteiger partial charge in [0, 0.05) is 10.8 Å². The Balaban J connectivity index is 2.07. The summed E-state index contributed by atoms with van der Waals surface area (Å²) in [6.07, 6.45) is 0. The Kier molecular flexibility index (Phi) is 2.94. The minimum atomic E-state index is 0.259. The van der Waals surface area contributed by atoms with E-state index < -0.39 is 0 Å². The quantitative estimate of drug-likeness (QED) is 0.640. The van der Waals surface area contributed by atoms with E-state index >= 15 is 0 Å². The lowest BCUT2D eigenvalue weighted by Gasteiger charge is -2.03. The van der Waals surface area contributed by atoms with E-state index in [1.807, 2.05) is 54.6 Å². The molecule has 0 aliphatic heterocycles. The van der Waals surface area contributed by atoms with Gasteiger partial charge in [-0.25, -0.2) is 0 Å². The van der Waals surface area contributed by atoms with E-state index in [2.05, 4.69) is 10.2 Å². The van der Waals surface area contributed by atoms with Crippen molar-refractivity contribution in [2.24, 2.45) is 10.2 Å². The number of hydrogen-bond donors (Lipinski definition) is 1. The second kappa shape index (κ2) is 4.90. The van der Waals surface area contributed by atoms with Gasteiger partial charge in [-0.1, -0.05) is 42.5 Å². The Bertz CT molecular complexity index is 736. The van der Waals surface area contributed by atoms with Gasteiger partial charge in [-0.3, -0.25) is 0 Å². The van der Waals surface area contributed by atoms with Crippen molar-refractivity contribution in [1.82, 2.24) is 0 Å². The summed E-state index contributed by atoms with van der Waals surface area (Å²) in [6, 6.07) is 20.6. The molecule has 0 fully saturated rings. The Morgan fingerprint density at radius 3 is 2.11 bits per heavy atom. The number of benzene rings is 3.